The van der Waals surface area contributed by atoms with Gasteiger partial charge in [0.1, 0.15) is 5.75 Å². The van der Waals surface area contributed by atoms with Crippen LogP contribution in [0.4, 0.5) is 0 Å². The summed E-state index contributed by atoms with van der Waals surface area (Å²) >= 11 is 5.82. The van der Waals surface area contributed by atoms with Crippen molar-refractivity contribution in [3.05, 3.63) is 71.4 Å². The molecule has 1 aromatic heterocycles. The average molecular weight is 327 g/mol. The molecule has 4 nitrogen and oxygen atoms in total. The minimum atomic E-state index is -0.175. The second-order valence-electron chi connectivity index (χ2n) is 5.05. The molecule has 0 aliphatic heterocycles. The Morgan fingerprint density at radius 3 is 2.78 bits per heavy atom. The highest BCUT2D eigenvalue weighted by atomic mass is 35.5. The van der Waals surface area contributed by atoms with Crippen LogP contribution in [0, 0.1) is 0 Å². The molecule has 3 rings (SSSR count). The van der Waals surface area contributed by atoms with Crippen LogP contribution in [0.15, 0.2) is 60.8 Å². The van der Waals surface area contributed by atoms with Crippen LogP contribution in [-0.4, -0.2) is 17.5 Å². The fraction of sp³-hybridized carbons (Fsp3) is 0.111. The maximum absolute atomic E-state index is 11.8. The maximum Gasteiger partial charge on any atom is 0.258 e. The summed E-state index contributed by atoms with van der Waals surface area (Å²) in [7, 11) is 0. The van der Waals surface area contributed by atoms with Gasteiger partial charge in [0.15, 0.2) is 6.61 Å². The normalized spacial score (nSPS) is 10.5. The fourth-order valence-corrected chi connectivity index (χ4v) is 2.27. The van der Waals surface area contributed by atoms with Gasteiger partial charge in [0.2, 0.25) is 0 Å². The number of hydrogen-bond acceptors (Lipinski definition) is 3. The molecule has 23 heavy (non-hydrogen) atoms. The Morgan fingerprint density at radius 1 is 1.13 bits per heavy atom. The lowest BCUT2D eigenvalue weighted by molar-refractivity contribution is -0.123. The lowest BCUT2D eigenvalue weighted by Gasteiger charge is -2.08. The summed E-state index contributed by atoms with van der Waals surface area (Å²) in [6.45, 7) is 0.417. The van der Waals surface area contributed by atoms with Crippen LogP contribution in [-0.2, 0) is 11.3 Å². The van der Waals surface area contributed by atoms with Crippen molar-refractivity contribution in [1.29, 1.82) is 0 Å². The summed E-state index contributed by atoms with van der Waals surface area (Å²) in [5.74, 6) is 0.471. The minimum absolute atomic E-state index is 0.0284. The van der Waals surface area contributed by atoms with Crippen molar-refractivity contribution in [2.45, 2.75) is 6.54 Å². The van der Waals surface area contributed by atoms with Crippen LogP contribution in [0.3, 0.4) is 0 Å². The molecule has 1 heterocycles. The number of fused-ring (bicyclic) bond motifs is 1. The second-order valence-corrected chi connectivity index (χ2v) is 5.49. The predicted molar refractivity (Wildman–Crippen MR) is 90.5 cm³/mol. The van der Waals surface area contributed by atoms with Gasteiger partial charge in [-0.25, -0.2) is 0 Å². The van der Waals surface area contributed by atoms with Crippen molar-refractivity contribution >= 4 is 28.4 Å². The third-order valence-corrected chi connectivity index (χ3v) is 3.60. The SMILES string of the molecule is O=C(COc1ccc2ncccc2c1)NCc1ccc(Cl)cc1. The molecule has 2 aromatic carbocycles. The van der Waals surface area contributed by atoms with Crippen LogP contribution in [0.5, 0.6) is 5.75 Å². The molecule has 5 heteroatoms. The van der Waals surface area contributed by atoms with Crippen molar-refractivity contribution in [3.63, 3.8) is 0 Å². The number of nitrogens with one attached hydrogen (secondary N) is 1. The van der Waals surface area contributed by atoms with Gasteiger partial charge >= 0.3 is 0 Å². The number of ether oxygens (including phenoxy) is 1. The van der Waals surface area contributed by atoms with Gasteiger partial charge in [0.05, 0.1) is 5.52 Å². The quantitative estimate of drug-likeness (QED) is 0.779. The molecule has 0 saturated heterocycles. The van der Waals surface area contributed by atoms with E-state index < -0.39 is 0 Å². The van der Waals surface area contributed by atoms with E-state index in [1.54, 1.807) is 18.3 Å². The van der Waals surface area contributed by atoms with Gasteiger partial charge in [-0.15, -0.1) is 0 Å². The molecule has 0 aliphatic rings. The van der Waals surface area contributed by atoms with Crippen LogP contribution in [0.2, 0.25) is 5.02 Å². The molecule has 1 amide bonds. The van der Waals surface area contributed by atoms with Gasteiger partial charge < -0.3 is 10.1 Å². The van der Waals surface area contributed by atoms with Crippen molar-refractivity contribution in [2.75, 3.05) is 6.61 Å². The molecule has 3 aromatic rings. The lowest BCUT2D eigenvalue weighted by atomic mass is 10.2. The number of pyridine rings is 1. The van der Waals surface area contributed by atoms with E-state index >= 15 is 0 Å². The molecular weight excluding hydrogens is 312 g/mol. The fourth-order valence-electron chi connectivity index (χ4n) is 2.15. The van der Waals surface area contributed by atoms with Crippen molar-refractivity contribution < 1.29 is 9.53 Å². The molecule has 0 bridgehead atoms. The molecular formula is C18H15ClN2O2. The molecule has 116 valence electrons. The summed E-state index contributed by atoms with van der Waals surface area (Å²) in [5, 5.41) is 4.46. The molecule has 0 spiro atoms. The third kappa shape index (κ3) is 4.20. The van der Waals surface area contributed by atoms with Gasteiger partial charge in [-0.05, 0) is 42.0 Å². The summed E-state index contributed by atoms with van der Waals surface area (Å²) in [5.41, 5.74) is 1.88. The average Bonchev–Trinajstić information content (AvgIpc) is 2.59. The largest absolute Gasteiger partial charge is 0.484 e. The van der Waals surface area contributed by atoms with E-state index in [0.29, 0.717) is 17.3 Å². The van der Waals surface area contributed by atoms with E-state index in [1.807, 2.05) is 42.5 Å². The number of carbonyl (C=O) groups excluding carboxylic acids is 1. The van der Waals surface area contributed by atoms with Crippen LogP contribution >= 0.6 is 11.6 Å². The second kappa shape index (κ2) is 7.11. The van der Waals surface area contributed by atoms with E-state index in [2.05, 4.69) is 10.3 Å². The zero-order valence-electron chi connectivity index (χ0n) is 12.3. The number of benzene rings is 2. The smallest absolute Gasteiger partial charge is 0.258 e. The minimum Gasteiger partial charge on any atom is -0.484 e. The van der Waals surface area contributed by atoms with E-state index in [1.165, 1.54) is 0 Å². The predicted octanol–water partition coefficient (Wildman–Crippen LogP) is 3.58. The first-order valence-electron chi connectivity index (χ1n) is 7.19. The van der Waals surface area contributed by atoms with Gasteiger partial charge in [0.25, 0.3) is 5.91 Å². The van der Waals surface area contributed by atoms with Gasteiger partial charge in [-0.1, -0.05) is 29.8 Å². The number of amides is 1. The van der Waals surface area contributed by atoms with E-state index in [-0.39, 0.29) is 12.5 Å². The Hall–Kier alpha value is -2.59. The van der Waals surface area contributed by atoms with E-state index in [9.17, 15) is 4.79 Å². The highest BCUT2D eigenvalue weighted by molar-refractivity contribution is 6.30. The molecule has 0 fully saturated rings. The van der Waals surface area contributed by atoms with Gasteiger partial charge in [-0.3, -0.25) is 9.78 Å². The monoisotopic (exact) mass is 326 g/mol. The molecule has 0 radical (unpaired) electrons. The number of rotatable bonds is 5. The van der Waals surface area contributed by atoms with Crippen molar-refractivity contribution in [3.8, 4) is 5.75 Å². The number of nitrogens with zero attached hydrogens (tertiary/aromatic N) is 1. The topological polar surface area (TPSA) is 51.2 Å². The Bertz CT molecular complexity index is 819. The first-order valence-corrected chi connectivity index (χ1v) is 7.57. The van der Waals surface area contributed by atoms with Gasteiger partial charge in [-0.2, -0.15) is 0 Å². The standard InChI is InChI=1S/C18H15ClN2O2/c19-15-5-3-13(4-6-15)11-21-18(22)12-23-16-7-8-17-14(10-16)2-1-9-20-17/h1-10H,11-12H2,(H,21,22). The molecule has 1 N–H and O–H groups in total. The van der Waals surface area contributed by atoms with E-state index in [4.69, 9.17) is 16.3 Å². The first kappa shape index (κ1) is 15.3. The summed E-state index contributed by atoms with van der Waals surface area (Å²) in [6.07, 6.45) is 1.74. The number of halogens is 1. The molecule has 0 unspecified atom stereocenters. The zero-order valence-corrected chi connectivity index (χ0v) is 13.1. The Labute approximate surface area is 139 Å². The number of hydrogen-bond donors (Lipinski definition) is 1. The molecule has 0 aliphatic carbocycles. The van der Waals surface area contributed by atoms with Crippen LogP contribution < -0.4 is 10.1 Å². The summed E-state index contributed by atoms with van der Waals surface area (Å²) in [4.78, 5) is 16.1. The summed E-state index contributed by atoms with van der Waals surface area (Å²) in [6, 6.07) is 16.7. The molecule has 0 atom stereocenters. The highest BCUT2D eigenvalue weighted by Crippen LogP contribution is 2.18. The third-order valence-electron chi connectivity index (χ3n) is 3.35. The Kier molecular flexibility index (Phi) is 4.74. The number of aromatic nitrogens is 1. The number of carbonyl (C=O) groups is 1. The van der Waals surface area contributed by atoms with Crippen LogP contribution in [0.1, 0.15) is 5.56 Å². The zero-order chi connectivity index (χ0) is 16.1. The Morgan fingerprint density at radius 2 is 1.96 bits per heavy atom. The maximum atomic E-state index is 11.8. The van der Waals surface area contributed by atoms with Crippen molar-refractivity contribution in [1.82, 2.24) is 10.3 Å². The lowest BCUT2D eigenvalue weighted by Crippen LogP contribution is -2.28. The highest BCUT2D eigenvalue weighted by Gasteiger charge is 2.04. The van der Waals surface area contributed by atoms with Crippen molar-refractivity contribution in [2.24, 2.45) is 0 Å². The molecule has 0 saturated carbocycles. The van der Waals surface area contributed by atoms with E-state index in [0.717, 1.165) is 16.5 Å². The first-order chi connectivity index (χ1) is 11.2. The van der Waals surface area contributed by atoms with Crippen LogP contribution in [0.25, 0.3) is 10.9 Å². The Balaban J connectivity index is 1.52. The van der Waals surface area contributed by atoms with Gasteiger partial charge in [0, 0.05) is 23.2 Å². The summed E-state index contributed by atoms with van der Waals surface area (Å²) < 4.78 is 5.52.